The molecule has 0 spiro atoms. The maximum Gasteiger partial charge on any atom is 0.338 e. The second-order valence-corrected chi connectivity index (χ2v) is 4.06. The molecule has 0 aliphatic heterocycles. The van der Waals surface area contributed by atoms with Gasteiger partial charge in [0.15, 0.2) is 0 Å². The van der Waals surface area contributed by atoms with E-state index in [4.69, 9.17) is 9.84 Å². The van der Waals surface area contributed by atoms with E-state index in [1.54, 1.807) is 36.0 Å². The van der Waals surface area contributed by atoms with Crippen molar-refractivity contribution in [3.05, 3.63) is 35.9 Å². The number of hydrogen-bond acceptors (Lipinski definition) is 4. The number of aliphatic hydroxyl groups excluding tert-OH is 1. The number of ether oxygens (including phenoxy) is 1. The van der Waals surface area contributed by atoms with Gasteiger partial charge in [-0.25, -0.2) is 4.79 Å². The number of thioether (sulfide) groups is 1. The van der Waals surface area contributed by atoms with Crippen LogP contribution in [0.15, 0.2) is 30.3 Å². The third kappa shape index (κ3) is 4.85. The zero-order valence-corrected chi connectivity index (χ0v) is 9.20. The maximum atomic E-state index is 11.4. The second-order valence-electron chi connectivity index (χ2n) is 2.84. The molecule has 0 bridgehead atoms. The summed E-state index contributed by atoms with van der Waals surface area (Å²) in [6.07, 6.45) is 0. The highest BCUT2D eigenvalue weighted by molar-refractivity contribution is 7.99. The molecule has 1 N–H and O–H groups in total. The van der Waals surface area contributed by atoms with E-state index in [9.17, 15) is 4.79 Å². The van der Waals surface area contributed by atoms with Crippen LogP contribution in [-0.2, 0) is 4.74 Å². The summed E-state index contributed by atoms with van der Waals surface area (Å²) in [6, 6.07) is 8.91. The molecule has 0 aromatic heterocycles. The van der Waals surface area contributed by atoms with Crippen molar-refractivity contribution in [3.8, 4) is 0 Å². The molecule has 0 fully saturated rings. The molecule has 82 valence electrons. The number of rotatable bonds is 6. The number of aliphatic hydroxyl groups is 1. The van der Waals surface area contributed by atoms with Crippen LogP contribution in [0, 0.1) is 0 Å². The van der Waals surface area contributed by atoms with Crippen molar-refractivity contribution in [2.24, 2.45) is 0 Å². The molecular weight excluding hydrogens is 212 g/mol. The lowest BCUT2D eigenvalue weighted by Gasteiger charge is -2.03. The summed E-state index contributed by atoms with van der Waals surface area (Å²) in [7, 11) is 0. The number of carbonyl (C=O) groups excluding carboxylic acids is 1. The van der Waals surface area contributed by atoms with Crippen molar-refractivity contribution in [3.63, 3.8) is 0 Å². The SMILES string of the molecule is O=C(OCCSCCO)c1ccccc1. The zero-order chi connectivity index (χ0) is 10.9. The average Bonchev–Trinajstić information content (AvgIpc) is 2.30. The van der Waals surface area contributed by atoms with Gasteiger partial charge < -0.3 is 9.84 Å². The molecule has 15 heavy (non-hydrogen) atoms. The minimum Gasteiger partial charge on any atom is -0.461 e. The van der Waals surface area contributed by atoms with E-state index in [0.717, 1.165) is 5.75 Å². The van der Waals surface area contributed by atoms with Crippen LogP contribution in [0.25, 0.3) is 0 Å². The van der Waals surface area contributed by atoms with Gasteiger partial charge in [0.25, 0.3) is 0 Å². The molecule has 1 aromatic rings. The standard InChI is InChI=1S/C11H14O3S/c12-6-8-15-9-7-14-11(13)10-4-2-1-3-5-10/h1-5,12H,6-9H2. The van der Waals surface area contributed by atoms with Gasteiger partial charge in [-0.3, -0.25) is 0 Å². The molecule has 0 radical (unpaired) electrons. The number of esters is 1. The maximum absolute atomic E-state index is 11.4. The molecule has 1 aromatic carbocycles. The minimum atomic E-state index is -0.291. The molecule has 3 nitrogen and oxygen atoms in total. The summed E-state index contributed by atoms with van der Waals surface area (Å²) in [5, 5.41) is 8.52. The monoisotopic (exact) mass is 226 g/mol. The number of carbonyl (C=O) groups is 1. The molecule has 0 saturated carbocycles. The van der Waals surface area contributed by atoms with Crippen molar-refractivity contribution < 1.29 is 14.6 Å². The van der Waals surface area contributed by atoms with Gasteiger partial charge in [-0.05, 0) is 12.1 Å². The fourth-order valence-corrected chi connectivity index (χ4v) is 1.55. The lowest BCUT2D eigenvalue weighted by molar-refractivity contribution is 0.0530. The van der Waals surface area contributed by atoms with Crippen molar-refractivity contribution in [2.45, 2.75) is 0 Å². The first-order valence-corrected chi connectivity index (χ1v) is 5.91. The Bertz CT molecular complexity index is 287. The van der Waals surface area contributed by atoms with Crippen molar-refractivity contribution >= 4 is 17.7 Å². The van der Waals surface area contributed by atoms with E-state index in [2.05, 4.69) is 0 Å². The van der Waals surface area contributed by atoms with Crippen LogP contribution in [-0.4, -0.2) is 35.8 Å². The molecule has 0 aliphatic rings. The Balaban J connectivity index is 2.20. The number of benzene rings is 1. The molecule has 0 heterocycles. The van der Waals surface area contributed by atoms with Gasteiger partial charge in [-0.1, -0.05) is 18.2 Å². The number of hydrogen-bond donors (Lipinski definition) is 1. The molecular formula is C11H14O3S. The Morgan fingerprint density at radius 3 is 2.67 bits per heavy atom. The van der Waals surface area contributed by atoms with Gasteiger partial charge >= 0.3 is 5.97 Å². The summed E-state index contributed by atoms with van der Waals surface area (Å²) < 4.78 is 5.03. The summed E-state index contributed by atoms with van der Waals surface area (Å²) in [5.41, 5.74) is 0.574. The van der Waals surface area contributed by atoms with Crippen LogP contribution in [0.5, 0.6) is 0 Å². The summed E-state index contributed by atoms with van der Waals surface area (Å²) >= 11 is 1.56. The predicted octanol–water partition coefficient (Wildman–Crippen LogP) is 1.57. The van der Waals surface area contributed by atoms with Gasteiger partial charge in [0.1, 0.15) is 6.61 Å². The van der Waals surface area contributed by atoms with Gasteiger partial charge in [0.2, 0.25) is 0 Å². The Morgan fingerprint density at radius 1 is 1.27 bits per heavy atom. The Kier molecular flexibility index (Phi) is 5.88. The molecule has 1 rings (SSSR count). The first kappa shape index (κ1) is 12.1. The van der Waals surface area contributed by atoms with Crippen LogP contribution in [0.4, 0.5) is 0 Å². The van der Waals surface area contributed by atoms with E-state index in [1.165, 1.54) is 0 Å². The lowest BCUT2D eigenvalue weighted by atomic mass is 10.2. The van der Waals surface area contributed by atoms with Crippen LogP contribution < -0.4 is 0 Å². The summed E-state index contributed by atoms with van der Waals surface area (Å²) in [6.45, 7) is 0.551. The summed E-state index contributed by atoms with van der Waals surface area (Å²) in [5.74, 6) is 1.11. The Morgan fingerprint density at radius 2 is 2.00 bits per heavy atom. The van der Waals surface area contributed by atoms with Crippen LogP contribution in [0.1, 0.15) is 10.4 Å². The normalized spacial score (nSPS) is 9.93. The predicted molar refractivity (Wildman–Crippen MR) is 61.1 cm³/mol. The highest BCUT2D eigenvalue weighted by Crippen LogP contribution is 2.03. The highest BCUT2D eigenvalue weighted by Gasteiger charge is 2.04. The Labute approximate surface area is 93.4 Å². The topological polar surface area (TPSA) is 46.5 Å². The van der Waals surface area contributed by atoms with Gasteiger partial charge in [0.05, 0.1) is 12.2 Å². The van der Waals surface area contributed by atoms with Gasteiger partial charge in [-0.15, -0.1) is 0 Å². The fraction of sp³-hybridized carbons (Fsp3) is 0.364. The third-order valence-corrected chi connectivity index (χ3v) is 2.63. The third-order valence-electron chi connectivity index (χ3n) is 1.71. The van der Waals surface area contributed by atoms with Gasteiger partial charge in [0, 0.05) is 11.5 Å². The average molecular weight is 226 g/mol. The van der Waals surface area contributed by atoms with Crippen LogP contribution in [0.3, 0.4) is 0 Å². The van der Waals surface area contributed by atoms with E-state index in [-0.39, 0.29) is 12.6 Å². The highest BCUT2D eigenvalue weighted by atomic mass is 32.2. The van der Waals surface area contributed by atoms with E-state index >= 15 is 0 Å². The molecule has 0 atom stereocenters. The molecule has 4 heteroatoms. The Hall–Kier alpha value is -1.00. The van der Waals surface area contributed by atoms with Crippen LogP contribution in [0.2, 0.25) is 0 Å². The van der Waals surface area contributed by atoms with Gasteiger partial charge in [-0.2, -0.15) is 11.8 Å². The zero-order valence-electron chi connectivity index (χ0n) is 8.39. The molecule has 0 amide bonds. The van der Waals surface area contributed by atoms with E-state index in [1.807, 2.05) is 6.07 Å². The van der Waals surface area contributed by atoms with E-state index in [0.29, 0.717) is 17.9 Å². The summed E-state index contributed by atoms with van der Waals surface area (Å²) in [4.78, 5) is 11.4. The molecule has 0 aliphatic carbocycles. The first-order chi connectivity index (χ1) is 7.34. The largest absolute Gasteiger partial charge is 0.461 e. The fourth-order valence-electron chi connectivity index (χ4n) is 1.02. The van der Waals surface area contributed by atoms with Crippen molar-refractivity contribution in [1.29, 1.82) is 0 Å². The smallest absolute Gasteiger partial charge is 0.338 e. The van der Waals surface area contributed by atoms with Crippen LogP contribution >= 0.6 is 11.8 Å². The first-order valence-electron chi connectivity index (χ1n) is 4.75. The quantitative estimate of drug-likeness (QED) is 0.591. The second kappa shape index (κ2) is 7.31. The van der Waals surface area contributed by atoms with Crippen molar-refractivity contribution in [1.82, 2.24) is 0 Å². The van der Waals surface area contributed by atoms with Crippen molar-refractivity contribution in [2.75, 3.05) is 24.7 Å². The molecule has 0 unspecified atom stereocenters. The lowest BCUT2D eigenvalue weighted by Crippen LogP contribution is -2.08. The minimum absolute atomic E-state index is 0.164. The molecule has 0 saturated heterocycles. The van der Waals surface area contributed by atoms with E-state index < -0.39 is 0 Å².